The molecule has 1 fully saturated rings. The molecule has 1 aliphatic rings. The number of carbonyl (C=O) groups excluding carboxylic acids is 1. The van der Waals surface area contributed by atoms with Crippen molar-refractivity contribution >= 4 is 32.6 Å². The third kappa shape index (κ3) is 4.12. The number of amides is 1. The molecule has 1 unspecified atom stereocenters. The van der Waals surface area contributed by atoms with Gasteiger partial charge in [-0.2, -0.15) is 0 Å². The van der Waals surface area contributed by atoms with E-state index in [2.05, 4.69) is 5.16 Å². The Balaban J connectivity index is 1.84. The summed E-state index contributed by atoms with van der Waals surface area (Å²) in [6.45, 7) is -0.325. The third-order valence-electron chi connectivity index (χ3n) is 3.78. The van der Waals surface area contributed by atoms with E-state index < -0.39 is 36.1 Å². The number of rotatable bonds is 5. The number of benzene rings is 2. The van der Waals surface area contributed by atoms with Crippen molar-refractivity contribution < 1.29 is 27.6 Å². The molecule has 1 amide bonds. The smallest absolute Gasteiger partial charge is 0.306 e. The van der Waals surface area contributed by atoms with E-state index in [4.69, 9.17) is 10.0 Å². The van der Waals surface area contributed by atoms with Crippen LogP contribution in [0, 0.1) is 5.82 Å². The first-order valence-corrected chi connectivity index (χ1v) is 10.2. The van der Waals surface area contributed by atoms with Crippen molar-refractivity contribution in [2.45, 2.75) is 16.1 Å². The van der Waals surface area contributed by atoms with Gasteiger partial charge in [-0.15, -0.1) is 0 Å². The van der Waals surface area contributed by atoms with Gasteiger partial charge < -0.3 is 5.21 Å². The first kappa shape index (κ1) is 19.3. The Labute approximate surface area is 159 Å². The number of nitrogens with zero attached hydrogens (tertiary/aromatic N) is 2. The highest BCUT2D eigenvalue weighted by Gasteiger charge is 2.42. The SMILES string of the molecule is O=C1C(=NO)SC(S(=O)(=O)c2ccccc2F)CN1OCc1ccccc1. The van der Waals surface area contributed by atoms with Gasteiger partial charge in [0.15, 0.2) is 9.84 Å². The van der Waals surface area contributed by atoms with Crippen molar-refractivity contribution in [2.75, 3.05) is 6.54 Å². The van der Waals surface area contributed by atoms with Gasteiger partial charge in [0, 0.05) is 0 Å². The molecule has 0 bridgehead atoms. The second-order valence-corrected chi connectivity index (χ2v) is 9.14. The topological polar surface area (TPSA) is 96.3 Å². The average molecular weight is 410 g/mol. The third-order valence-corrected chi connectivity index (χ3v) is 7.50. The molecule has 0 saturated carbocycles. The number of sulfone groups is 1. The number of carbonyl (C=O) groups is 1. The normalized spacial score (nSPS) is 19.4. The van der Waals surface area contributed by atoms with Crippen LogP contribution in [0.3, 0.4) is 0 Å². The van der Waals surface area contributed by atoms with E-state index in [0.717, 1.165) is 22.8 Å². The standard InChI is InChI=1S/C17H15FN2O5S2/c18-13-8-4-5-9-14(13)27(23,24)15-10-20(17(21)16(19-22)26-15)25-11-12-6-2-1-3-7-12/h1-9,15,22H,10-11H2. The molecule has 142 valence electrons. The van der Waals surface area contributed by atoms with Crippen LogP contribution in [-0.2, 0) is 26.1 Å². The van der Waals surface area contributed by atoms with Gasteiger partial charge in [0.25, 0.3) is 0 Å². The van der Waals surface area contributed by atoms with Crippen molar-refractivity contribution in [3.8, 4) is 0 Å². The molecule has 27 heavy (non-hydrogen) atoms. The van der Waals surface area contributed by atoms with Crippen molar-refractivity contribution in [1.82, 2.24) is 5.06 Å². The lowest BCUT2D eigenvalue weighted by Gasteiger charge is -2.30. The fraction of sp³-hybridized carbons (Fsp3) is 0.176. The zero-order valence-electron chi connectivity index (χ0n) is 13.9. The van der Waals surface area contributed by atoms with Crippen molar-refractivity contribution in [1.29, 1.82) is 0 Å². The molecule has 0 spiro atoms. The first-order chi connectivity index (χ1) is 12.9. The Morgan fingerprint density at radius 2 is 1.85 bits per heavy atom. The molecular formula is C17H15FN2O5S2. The lowest BCUT2D eigenvalue weighted by molar-refractivity contribution is -0.183. The highest BCUT2D eigenvalue weighted by atomic mass is 32.3. The maximum atomic E-state index is 14.0. The quantitative estimate of drug-likeness (QED) is 0.601. The van der Waals surface area contributed by atoms with Crippen LogP contribution in [0.4, 0.5) is 4.39 Å². The van der Waals surface area contributed by atoms with Crippen molar-refractivity contribution in [2.24, 2.45) is 5.16 Å². The molecule has 3 rings (SSSR count). The second kappa shape index (κ2) is 8.07. The molecule has 0 radical (unpaired) electrons. The molecule has 1 aliphatic heterocycles. The summed E-state index contributed by atoms with van der Waals surface area (Å²) in [5, 5.41) is 12.3. The number of oxime groups is 1. The number of halogens is 1. The van der Waals surface area contributed by atoms with Gasteiger partial charge in [0.2, 0.25) is 5.04 Å². The van der Waals surface area contributed by atoms with Crippen LogP contribution in [0.25, 0.3) is 0 Å². The Bertz CT molecular complexity index is 966. The van der Waals surface area contributed by atoms with Crippen LogP contribution in [-0.4, -0.2) is 40.8 Å². The highest BCUT2D eigenvalue weighted by Crippen LogP contribution is 2.32. The molecule has 1 atom stereocenters. The lowest BCUT2D eigenvalue weighted by atomic mass is 10.2. The van der Waals surface area contributed by atoms with Gasteiger partial charge in [0.1, 0.15) is 21.9 Å². The maximum absolute atomic E-state index is 14.0. The lowest BCUT2D eigenvalue weighted by Crippen LogP contribution is -2.47. The predicted molar refractivity (Wildman–Crippen MR) is 97.1 cm³/mol. The number of hydroxylamine groups is 2. The summed E-state index contributed by atoms with van der Waals surface area (Å²) >= 11 is 0.550. The van der Waals surface area contributed by atoms with Crippen LogP contribution in [0.1, 0.15) is 5.56 Å². The number of thioether (sulfide) groups is 1. The van der Waals surface area contributed by atoms with E-state index in [1.54, 1.807) is 24.3 Å². The molecule has 1 N–H and O–H groups in total. The van der Waals surface area contributed by atoms with E-state index in [1.807, 2.05) is 6.07 Å². The van der Waals surface area contributed by atoms with E-state index in [-0.39, 0.29) is 13.2 Å². The molecular weight excluding hydrogens is 395 g/mol. The summed E-state index contributed by atoms with van der Waals surface area (Å²) in [6.07, 6.45) is 0. The Morgan fingerprint density at radius 3 is 2.52 bits per heavy atom. The fourth-order valence-electron chi connectivity index (χ4n) is 2.42. The fourth-order valence-corrected chi connectivity index (χ4v) is 5.44. The maximum Gasteiger partial charge on any atom is 0.306 e. The van der Waals surface area contributed by atoms with E-state index in [1.165, 1.54) is 12.1 Å². The largest absolute Gasteiger partial charge is 0.410 e. The number of hydrogen-bond donors (Lipinski definition) is 1. The molecule has 0 aliphatic carbocycles. The van der Waals surface area contributed by atoms with Gasteiger partial charge in [-0.25, -0.2) is 17.9 Å². The van der Waals surface area contributed by atoms with Gasteiger partial charge >= 0.3 is 5.91 Å². The zero-order chi connectivity index (χ0) is 19.4. The summed E-state index contributed by atoms with van der Waals surface area (Å²) in [5.74, 6) is -1.66. The van der Waals surface area contributed by atoms with Crippen molar-refractivity contribution in [3.63, 3.8) is 0 Å². The zero-order valence-corrected chi connectivity index (χ0v) is 15.5. The molecule has 1 saturated heterocycles. The molecule has 2 aromatic carbocycles. The molecule has 7 nitrogen and oxygen atoms in total. The monoisotopic (exact) mass is 410 g/mol. The van der Waals surface area contributed by atoms with Gasteiger partial charge in [-0.05, 0) is 17.7 Å². The highest BCUT2D eigenvalue weighted by molar-refractivity contribution is 8.24. The average Bonchev–Trinajstić information content (AvgIpc) is 2.68. The molecule has 10 heteroatoms. The Kier molecular flexibility index (Phi) is 5.78. The van der Waals surface area contributed by atoms with Crippen LogP contribution in [0.2, 0.25) is 0 Å². The van der Waals surface area contributed by atoms with Gasteiger partial charge in [-0.1, -0.05) is 59.4 Å². The van der Waals surface area contributed by atoms with Gasteiger partial charge in [0.05, 0.1) is 6.54 Å². The minimum absolute atomic E-state index is 0.0163. The minimum atomic E-state index is -4.15. The first-order valence-electron chi connectivity index (χ1n) is 7.79. The summed E-state index contributed by atoms with van der Waals surface area (Å²) in [6, 6.07) is 13.9. The van der Waals surface area contributed by atoms with Crippen LogP contribution >= 0.6 is 11.8 Å². The molecule has 1 heterocycles. The van der Waals surface area contributed by atoms with Gasteiger partial charge in [-0.3, -0.25) is 9.63 Å². The summed E-state index contributed by atoms with van der Waals surface area (Å²) in [4.78, 5) is 17.2. The molecule has 2 aromatic rings. The minimum Gasteiger partial charge on any atom is -0.410 e. The van der Waals surface area contributed by atoms with E-state index in [0.29, 0.717) is 11.8 Å². The van der Waals surface area contributed by atoms with Crippen molar-refractivity contribution in [3.05, 3.63) is 66.0 Å². The molecule has 0 aromatic heterocycles. The van der Waals surface area contributed by atoms with E-state index >= 15 is 0 Å². The van der Waals surface area contributed by atoms with Crippen LogP contribution in [0.15, 0.2) is 64.6 Å². The Hall–Kier alpha value is -2.43. The second-order valence-electron chi connectivity index (χ2n) is 5.55. The number of hydrogen-bond acceptors (Lipinski definition) is 7. The summed E-state index contributed by atoms with van der Waals surface area (Å²) in [7, 11) is -4.15. The van der Waals surface area contributed by atoms with Crippen LogP contribution in [0.5, 0.6) is 0 Å². The van der Waals surface area contributed by atoms with E-state index in [9.17, 15) is 17.6 Å². The Morgan fingerprint density at radius 1 is 1.19 bits per heavy atom. The predicted octanol–water partition coefficient (Wildman–Crippen LogP) is 2.42. The summed E-state index contributed by atoms with van der Waals surface area (Å²) in [5.41, 5.74) is 0.763. The summed E-state index contributed by atoms with van der Waals surface area (Å²) < 4.78 is 38.3. The van der Waals surface area contributed by atoms with Crippen LogP contribution < -0.4 is 0 Å².